The number of benzene rings is 1. The lowest BCUT2D eigenvalue weighted by Gasteiger charge is -2.28. The molecule has 2 rings (SSSR count). The molecule has 8 nitrogen and oxygen atoms in total. The Labute approximate surface area is 164 Å². The number of carbonyl (C=O) groups is 2. The van der Waals surface area contributed by atoms with Crippen LogP contribution in [-0.4, -0.2) is 45.4 Å². The van der Waals surface area contributed by atoms with Crippen molar-refractivity contribution in [3.8, 4) is 6.07 Å². The topological polar surface area (TPSA) is 137 Å². The lowest BCUT2D eigenvalue weighted by Crippen LogP contribution is -2.51. The molecule has 3 atom stereocenters. The van der Waals surface area contributed by atoms with Gasteiger partial charge in [0, 0.05) is 7.11 Å². The van der Waals surface area contributed by atoms with Crippen molar-refractivity contribution in [2.24, 2.45) is 11.1 Å². The van der Waals surface area contributed by atoms with E-state index in [1.165, 1.54) is 6.07 Å². The van der Waals surface area contributed by atoms with Crippen LogP contribution in [0.1, 0.15) is 18.4 Å². The second kappa shape index (κ2) is 8.00. The molecule has 1 saturated carbocycles. The smallest absolute Gasteiger partial charge is 0.417 e. The molecule has 29 heavy (non-hydrogen) atoms. The molecular weight excluding hydrogens is 417 g/mol. The van der Waals surface area contributed by atoms with Crippen LogP contribution < -0.4 is 5.73 Å². The zero-order valence-electron chi connectivity index (χ0n) is 15.1. The van der Waals surface area contributed by atoms with Crippen LogP contribution in [0.4, 0.5) is 13.2 Å². The molecule has 0 spiro atoms. The third kappa shape index (κ3) is 3.92. The number of nitrogens with zero attached hydrogens (tertiary/aromatic N) is 1. The third-order valence-electron chi connectivity index (χ3n) is 4.87. The number of nitrogens with two attached hydrogens (primary N) is 1. The molecule has 0 unspecified atom stereocenters. The van der Waals surface area contributed by atoms with Crippen LogP contribution >= 0.6 is 0 Å². The van der Waals surface area contributed by atoms with Crippen LogP contribution in [0.15, 0.2) is 29.2 Å². The first-order valence-electron chi connectivity index (χ1n) is 8.20. The van der Waals surface area contributed by atoms with Crippen LogP contribution in [0.25, 0.3) is 0 Å². The number of primary amides is 1. The number of methoxy groups -OCH3 is 1. The molecule has 1 aliphatic rings. The Morgan fingerprint density at radius 3 is 2.48 bits per heavy atom. The van der Waals surface area contributed by atoms with Crippen molar-refractivity contribution in [1.82, 2.24) is 0 Å². The van der Waals surface area contributed by atoms with Gasteiger partial charge in [0.05, 0.1) is 21.8 Å². The van der Waals surface area contributed by atoms with Crippen LogP contribution in [0.3, 0.4) is 0 Å². The van der Waals surface area contributed by atoms with Crippen molar-refractivity contribution in [1.29, 1.82) is 5.26 Å². The lowest BCUT2D eigenvalue weighted by atomic mass is 9.83. The Hall–Kier alpha value is -2.65. The minimum atomic E-state index is -4.94. The van der Waals surface area contributed by atoms with E-state index in [1.54, 1.807) is 0 Å². The van der Waals surface area contributed by atoms with Gasteiger partial charge in [-0.15, -0.1) is 0 Å². The Morgan fingerprint density at radius 2 is 1.97 bits per heavy atom. The molecule has 1 fully saturated rings. The SMILES string of the molecule is CO[C@H]1C[C@@H](S(=O)(=O)c2ccccc2C(F)(F)F)C[C@]1(C(N)=O)C(=O)OCC#N. The number of alkyl halides is 3. The summed E-state index contributed by atoms with van der Waals surface area (Å²) in [6.07, 6.45) is -7.49. The van der Waals surface area contributed by atoms with E-state index >= 15 is 0 Å². The average molecular weight is 434 g/mol. The van der Waals surface area contributed by atoms with Gasteiger partial charge in [-0.2, -0.15) is 18.4 Å². The number of hydrogen-bond acceptors (Lipinski definition) is 7. The van der Waals surface area contributed by atoms with Gasteiger partial charge in [0.15, 0.2) is 21.9 Å². The van der Waals surface area contributed by atoms with Crippen LogP contribution in [0.5, 0.6) is 0 Å². The Morgan fingerprint density at radius 1 is 1.34 bits per heavy atom. The number of carbonyl (C=O) groups excluding carboxylic acids is 2. The number of nitriles is 1. The van der Waals surface area contributed by atoms with Gasteiger partial charge in [0.25, 0.3) is 0 Å². The molecule has 1 amide bonds. The van der Waals surface area contributed by atoms with Gasteiger partial charge in [-0.1, -0.05) is 12.1 Å². The fraction of sp³-hybridized carbons (Fsp3) is 0.471. The molecule has 12 heteroatoms. The van der Waals surface area contributed by atoms with E-state index in [-0.39, 0.29) is 0 Å². The molecule has 0 aromatic heterocycles. The number of hydrogen-bond donors (Lipinski definition) is 1. The van der Waals surface area contributed by atoms with Gasteiger partial charge < -0.3 is 15.2 Å². The Kier molecular flexibility index (Phi) is 6.24. The van der Waals surface area contributed by atoms with Crippen LogP contribution in [-0.2, 0) is 35.1 Å². The van der Waals surface area contributed by atoms with E-state index in [9.17, 15) is 31.2 Å². The summed E-state index contributed by atoms with van der Waals surface area (Å²) in [5.41, 5.74) is 1.72. The number of esters is 1. The van der Waals surface area contributed by atoms with Crippen molar-refractivity contribution >= 4 is 21.7 Å². The summed E-state index contributed by atoms with van der Waals surface area (Å²) in [6.45, 7) is -0.724. The zero-order chi connectivity index (χ0) is 22.0. The largest absolute Gasteiger partial charge is 0.449 e. The standard InChI is InChI=1S/C17H17F3N2O6S/c1-27-13-8-10(9-16(13,14(22)23)15(24)28-7-6-21)29(25,26)12-5-3-2-4-11(12)17(18,19)20/h2-5,10,13H,7-9H2,1H3,(H2,22,23)/t10-,13+,16+/m1/s1. The maximum Gasteiger partial charge on any atom is 0.417 e. The molecule has 158 valence electrons. The fourth-order valence-corrected chi connectivity index (χ4v) is 5.51. The number of rotatable bonds is 6. The van der Waals surface area contributed by atoms with Gasteiger partial charge in [0.1, 0.15) is 6.07 Å². The van der Waals surface area contributed by atoms with E-state index < -0.39 is 74.6 Å². The second-order valence-electron chi connectivity index (χ2n) is 6.39. The highest BCUT2D eigenvalue weighted by Crippen LogP contribution is 2.46. The lowest BCUT2D eigenvalue weighted by molar-refractivity contribution is -0.166. The second-order valence-corrected chi connectivity index (χ2v) is 8.59. The van der Waals surface area contributed by atoms with E-state index in [4.69, 9.17) is 15.7 Å². The third-order valence-corrected chi connectivity index (χ3v) is 7.08. The van der Waals surface area contributed by atoms with Crippen LogP contribution in [0.2, 0.25) is 0 Å². The van der Waals surface area contributed by atoms with Crippen molar-refractivity contribution < 1.29 is 40.7 Å². The maximum absolute atomic E-state index is 13.3. The minimum absolute atomic E-state index is 0.463. The maximum atomic E-state index is 13.3. The highest BCUT2D eigenvalue weighted by molar-refractivity contribution is 7.92. The monoisotopic (exact) mass is 434 g/mol. The van der Waals surface area contributed by atoms with E-state index in [1.807, 2.05) is 0 Å². The average Bonchev–Trinajstić information content (AvgIpc) is 3.07. The van der Waals surface area contributed by atoms with Gasteiger partial charge in [-0.25, -0.2) is 8.42 Å². The molecule has 1 aromatic carbocycles. The molecule has 0 heterocycles. The van der Waals surface area contributed by atoms with E-state index in [0.29, 0.717) is 6.07 Å². The predicted octanol–water partition coefficient (Wildman–Crippen LogP) is 1.19. The van der Waals surface area contributed by atoms with Gasteiger partial charge in [0.2, 0.25) is 5.91 Å². The van der Waals surface area contributed by atoms with Crippen molar-refractivity contribution in [3.63, 3.8) is 0 Å². The van der Waals surface area contributed by atoms with Crippen LogP contribution in [0, 0.1) is 16.7 Å². The number of halogens is 3. The minimum Gasteiger partial charge on any atom is -0.449 e. The van der Waals surface area contributed by atoms with E-state index in [0.717, 1.165) is 25.3 Å². The highest BCUT2D eigenvalue weighted by Gasteiger charge is 2.62. The summed E-state index contributed by atoms with van der Waals surface area (Å²) < 4.78 is 75.6. The van der Waals surface area contributed by atoms with Gasteiger partial charge >= 0.3 is 12.1 Å². The van der Waals surface area contributed by atoms with Gasteiger partial charge in [-0.05, 0) is 25.0 Å². The predicted molar refractivity (Wildman–Crippen MR) is 90.6 cm³/mol. The molecule has 0 radical (unpaired) electrons. The number of ether oxygens (including phenoxy) is 2. The van der Waals surface area contributed by atoms with Gasteiger partial charge in [-0.3, -0.25) is 9.59 Å². The Bertz CT molecular complexity index is 957. The number of amides is 1. The molecule has 1 aliphatic carbocycles. The Balaban J connectivity index is 2.54. The molecule has 1 aromatic rings. The highest BCUT2D eigenvalue weighted by atomic mass is 32.2. The summed E-state index contributed by atoms with van der Waals surface area (Å²) in [5.74, 6) is -2.52. The summed E-state index contributed by atoms with van der Waals surface area (Å²) in [7, 11) is -3.54. The first-order valence-corrected chi connectivity index (χ1v) is 9.74. The zero-order valence-corrected chi connectivity index (χ0v) is 15.9. The molecule has 0 saturated heterocycles. The first-order chi connectivity index (χ1) is 13.4. The number of sulfone groups is 1. The molecular formula is C17H17F3N2O6S. The van der Waals surface area contributed by atoms with Crippen molar-refractivity contribution in [2.45, 2.75) is 35.3 Å². The summed E-state index contributed by atoms with van der Waals surface area (Å²) in [6, 6.07) is 5.13. The quantitative estimate of drug-likeness (QED) is 0.525. The first kappa shape index (κ1) is 22.6. The van der Waals surface area contributed by atoms with Crippen molar-refractivity contribution in [3.05, 3.63) is 29.8 Å². The molecule has 2 N–H and O–H groups in total. The normalized spacial score (nSPS) is 24.7. The summed E-state index contributed by atoms with van der Waals surface area (Å²) in [5, 5.41) is 6.99. The van der Waals surface area contributed by atoms with E-state index in [2.05, 4.69) is 4.74 Å². The fourth-order valence-electron chi connectivity index (χ4n) is 3.48. The summed E-state index contributed by atoms with van der Waals surface area (Å²) >= 11 is 0. The summed E-state index contributed by atoms with van der Waals surface area (Å²) in [4.78, 5) is 23.6. The molecule has 0 bridgehead atoms. The van der Waals surface area contributed by atoms with Crippen molar-refractivity contribution in [2.75, 3.05) is 13.7 Å². The molecule has 0 aliphatic heterocycles.